The first-order valence-electron chi connectivity index (χ1n) is 15.2. The van der Waals surface area contributed by atoms with Crippen LogP contribution in [-0.2, 0) is 18.2 Å². The van der Waals surface area contributed by atoms with E-state index in [2.05, 4.69) is 38.8 Å². The lowest BCUT2D eigenvalue weighted by Crippen LogP contribution is -2.27. The molecule has 2 aliphatic carbocycles. The Bertz CT molecular complexity index is 1460. The third-order valence-corrected chi connectivity index (χ3v) is 17.6. The maximum absolute atomic E-state index is 15.1. The van der Waals surface area contributed by atoms with Gasteiger partial charge >= 0.3 is 0 Å². The highest BCUT2D eigenvalue weighted by Crippen LogP contribution is 2.83. The summed E-state index contributed by atoms with van der Waals surface area (Å²) >= 11 is 0. The van der Waals surface area contributed by atoms with E-state index in [-0.39, 0.29) is 24.3 Å². The molecule has 4 fully saturated rings. The maximum Gasteiger partial charge on any atom is 0.281 e. The number of nitrogens with zero attached hydrogens (tertiary/aromatic N) is 2. The van der Waals surface area contributed by atoms with Crippen LogP contribution in [0, 0.1) is 61.2 Å². The van der Waals surface area contributed by atoms with Crippen molar-refractivity contribution in [3.8, 4) is 0 Å². The highest BCUT2D eigenvalue weighted by atomic mass is 31.2. The monoisotopic (exact) mass is 654 g/mol. The summed E-state index contributed by atoms with van der Waals surface area (Å²) in [6.07, 6.45) is 11.3. The quantitative estimate of drug-likeness (QED) is 0.238. The fraction of sp³-hybridized carbons (Fsp3) is 0.222. The number of hydrogen-bond donors (Lipinski definition) is 0. The van der Waals surface area contributed by atoms with Gasteiger partial charge in [-0.25, -0.2) is 9.34 Å². The summed E-state index contributed by atoms with van der Waals surface area (Å²) in [5.41, 5.74) is 5.31. The summed E-state index contributed by atoms with van der Waals surface area (Å²) in [4.78, 5) is 0. The van der Waals surface area contributed by atoms with Gasteiger partial charge in [0.25, 0.3) is 15.0 Å². The molecule has 0 amide bonds. The minimum atomic E-state index is -3.45. The molecule has 9 heteroatoms. The van der Waals surface area contributed by atoms with Crippen LogP contribution in [0.15, 0.2) is 91.0 Å². The zero-order valence-electron chi connectivity index (χ0n) is 25.8. The van der Waals surface area contributed by atoms with E-state index >= 15 is 9.13 Å². The molecule has 230 valence electrons. The number of rotatable bonds is 7. The zero-order valence-corrected chi connectivity index (χ0v) is 28.5. The average Bonchev–Trinajstić information content (AvgIpc) is 3.85. The molecule has 10 radical (unpaired) electrons. The van der Waals surface area contributed by atoms with Crippen LogP contribution in [0.4, 0.5) is 0 Å². The van der Waals surface area contributed by atoms with Crippen molar-refractivity contribution in [1.82, 2.24) is 9.34 Å². The Balaban J connectivity index is 1.24. The molecule has 0 N–H and O–H groups in total. The number of hydrogen-bond acceptors (Lipinski definition) is 4. The summed E-state index contributed by atoms with van der Waals surface area (Å²) in [5.74, 6) is 0. The van der Waals surface area contributed by atoms with Crippen molar-refractivity contribution >= 4 is 28.3 Å². The molecule has 6 atom stereocenters. The third kappa shape index (κ3) is 5.47. The van der Waals surface area contributed by atoms with Gasteiger partial charge in [0.1, 0.15) is 12.2 Å². The predicted molar refractivity (Wildman–Crippen MR) is 182 cm³/mol. The van der Waals surface area contributed by atoms with E-state index < -0.39 is 23.0 Å². The van der Waals surface area contributed by atoms with Gasteiger partial charge in [0, 0.05) is 23.4 Å². The molecule has 0 bridgehead atoms. The van der Waals surface area contributed by atoms with E-state index in [9.17, 15) is 0 Å². The molecule has 3 aromatic carbocycles. The molecule has 2 saturated heterocycles. The molecule has 45 heavy (non-hydrogen) atoms. The van der Waals surface area contributed by atoms with Crippen molar-refractivity contribution in [2.75, 3.05) is 14.1 Å². The molecule has 7 rings (SSSR count). The van der Waals surface area contributed by atoms with Gasteiger partial charge in [0.05, 0.1) is 11.3 Å². The van der Waals surface area contributed by atoms with Gasteiger partial charge in [-0.05, 0) is 82.9 Å². The third-order valence-electron chi connectivity index (χ3n) is 9.30. The SMILES string of the molecule is C[C@H]1[C@@H](c2ccccc2)O[P@@](=O)([C]2[CH][CH][CH][C]2P([C]2[CH][CH][CH][C]2[P@]2(=O)O[C@H](c3ccccc3)[C@H](C)N2C)c2ccccc2)N1C. The first-order chi connectivity index (χ1) is 21.7. The van der Waals surface area contributed by atoms with E-state index in [0.717, 1.165) is 27.7 Å². The Morgan fingerprint density at radius 1 is 0.578 bits per heavy atom. The zero-order chi connectivity index (χ0) is 31.3. The van der Waals surface area contributed by atoms with Gasteiger partial charge in [-0.1, -0.05) is 98.9 Å². The summed E-state index contributed by atoms with van der Waals surface area (Å²) in [5, 5.41) is 1.08. The molecule has 2 heterocycles. The summed E-state index contributed by atoms with van der Waals surface area (Å²) in [6, 6.07) is 30.1. The van der Waals surface area contributed by atoms with E-state index in [1.807, 2.05) is 128 Å². The molecule has 0 unspecified atom stereocenters. The topological polar surface area (TPSA) is 59.1 Å². The van der Waals surface area contributed by atoms with Crippen molar-refractivity contribution in [3.05, 3.63) is 163 Å². The van der Waals surface area contributed by atoms with Crippen molar-refractivity contribution in [2.45, 2.75) is 38.1 Å². The van der Waals surface area contributed by atoms with Crippen LogP contribution in [0.1, 0.15) is 37.2 Å². The smallest absolute Gasteiger partial charge is 0.281 e. The van der Waals surface area contributed by atoms with Gasteiger partial charge in [-0.15, -0.1) is 0 Å². The minimum absolute atomic E-state index is 0.0915. The van der Waals surface area contributed by atoms with Crippen LogP contribution < -0.4 is 5.30 Å². The molecule has 6 nitrogen and oxygen atoms in total. The lowest BCUT2D eigenvalue weighted by atomic mass is 10.0. The molecular formula is C36H37N2O4P3. The Morgan fingerprint density at radius 2 is 0.956 bits per heavy atom. The van der Waals surface area contributed by atoms with E-state index in [1.165, 1.54) is 0 Å². The van der Waals surface area contributed by atoms with E-state index in [0.29, 0.717) is 11.3 Å². The normalized spacial score (nSPS) is 34.4. The van der Waals surface area contributed by atoms with Gasteiger partial charge in [-0.3, -0.25) is 9.13 Å². The first-order valence-corrected chi connectivity index (χ1v) is 19.7. The van der Waals surface area contributed by atoms with Crippen LogP contribution in [0.3, 0.4) is 0 Å². The maximum atomic E-state index is 15.1. The van der Waals surface area contributed by atoms with Crippen molar-refractivity contribution in [1.29, 1.82) is 0 Å². The van der Waals surface area contributed by atoms with Gasteiger partial charge < -0.3 is 9.05 Å². The fourth-order valence-electron chi connectivity index (χ4n) is 6.57. The van der Waals surface area contributed by atoms with Crippen LogP contribution >= 0.6 is 23.0 Å². The minimum Gasteiger partial charge on any atom is -0.307 e. The second kappa shape index (κ2) is 12.8. The van der Waals surface area contributed by atoms with Crippen LogP contribution in [0.25, 0.3) is 0 Å². The van der Waals surface area contributed by atoms with E-state index in [1.54, 1.807) is 0 Å². The van der Waals surface area contributed by atoms with E-state index in [4.69, 9.17) is 9.05 Å². The largest absolute Gasteiger partial charge is 0.307 e. The second-order valence-electron chi connectivity index (χ2n) is 11.8. The molecule has 4 aliphatic rings. The van der Waals surface area contributed by atoms with Crippen molar-refractivity contribution in [2.24, 2.45) is 0 Å². The standard InChI is InChI=1S/C36H37N2O4P3/c1-26-35(28-16-8-5-9-17-28)41-44(39,37(26)3)33-24-14-22-31(33)43(30-20-12-7-13-21-30)32-23-15-25-34(32)45(40)38(4)27(2)36(42-45)29-18-10-6-11-19-29/h5-27,35-36H,1-4H3/t26-,27-,35-,36-,44-,45-/m0/s1. The Labute approximate surface area is 270 Å². The van der Waals surface area contributed by atoms with Gasteiger partial charge in [0.2, 0.25) is 0 Å². The Morgan fingerprint density at radius 3 is 1.36 bits per heavy atom. The summed E-state index contributed by atoms with van der Waals surface area (Å²) in [6.45, 7) is 4.14. The van der Waals surface area contributed by atoms with Crippen LogP contribution in [0.5, 0.6) is 0 Å². The fourth-order valence-corrected chi connectivity index (χ4v) is 15.2. The number of benzene rings is 3. The highest BCUT2D eigenvalue weighted by molar-refractivity contribution is 7.76. The molecule has 0 aromatic heterocycles. The molecule has 2 aliphatic heterocycles. The number of likely N-dealkylation sites (N-methyl/N-ethyl adjacent to an activating group) is 2. The Hall–Kier alpha value is -1.61. The lowest BCUT2D eigenvalue weighted by Gasteiger charge is -2.39. The van der Waals surface area contributed by atoms with Gasteiger partial charge in [0.15, 0.2) is 0 Å². The average molecular weight is 655 g/mol. The predicted octanol–water partition coefficient (Wildman–Crippen LogP) is 8.74. The van der Waals surface area contributed by atoms with Crippen LogP contribution in [-0.4, -0.2) is 35.5 Å². The molecule has 3 aromatic rings. The molecule has 2 saturated carbocycles. The summed E-state index contributed by atoms with van der Waals surface area (Å²) < 4.78 is 47.1. The van der Waals surface area contributed by atoms with Crippen molar-refractivity contribution < 1.29 is 18.2 Å². The summed E-state index contributed by atoms with van der Waals surface area (Å²) in [7, 11) is -4.37. The lowest BCUT2D eigenvalue weighted by molar-refractivity contribution is 0.211. The molecular weight excluding hydrogens is 617 g/mol. The molecule has 0 spiro atoms. The second-order valence-corrected chi connectivity index (χ2v) is 18.7. The Kier molecular flexibility index (Phi) is 9.08. The van der Waals surface area contributed by atoms with Crippen LogP contribution in [0.2, 0.25) is 0 Å². The van der Waals surface area contributed by atoms with Gasteiger partial charge in [-0.2, -0.15) is 0 Å². The first kappa shape index (κ1) is 32.0. The highest BCUT2D eigenvalue weighted by Gasteiger charge is 2.61. The van der Waals surface area contributed by atoms with Crippen molar-refractivity contribution in [3.63, 3.8) is 0 Å².